The lowest BCUT2D eigenvalue weighted by Crippen LogP contribution is -2.30. The molecule has 3 aromatic rings. The minimum atomic E-state index is -0.259. The molecule has 0 bridgehead atoms. The first-order valence-corrected chi connectivity index (χ1v) is 11.0. The van der Waals surface area contributed by atoms with Crippen LogP contribution in [0.3, 0.4) is 0 Å². The first-order chi connectivity index (χ1) is 15.9. The van der Waals surface area contributed by atoms with E-state index >= 15 is 0 Å². The summed E-state index contributed by atoms with van der Waals surface area (Å²) in [6.07, 6.45) is 2.79. The number of hydrogen-bond acceptors (Lipinski definition) is 5. The summed E-state index contributed by atoms with van der Waals surface area (Å²) in [5, 5.41) is 2.86. The summed E-state index contributed by atoms with van der Waals surface area (Å²) in [6, 6.07) is 15.2. The third-order valence-corrected chi connectivity index (χ3v) is 5.93. The average molecular weight is 445 g/mol. The predicted octanol–water partition coefficient (Wildman–Crippen LogP) is 3.91. The molecule has 1 aliphatic heterocycles. The zero-order valence-electron chi connectivity index (χ0n) is 19.2. The highest BCUT2D eigenvalue weighted by atomic mass is 16.5. The number of carbonyl (C=O) groups is 2. The summed E-state index contributed by atoms with van der Waals surface area (Å²) >= 11 is 0. The van der Waals surface area contributed by atoms with E-state index in [0.717, 1.165) is 23.3 Å². The highest BCUT2D eigenvalue weighted by Crippen LogP contribution is 2.26. The number of carbonyl (C=O) groups excluding carboxylic acids is 2. The van der Waals surface area contributed by atoms with Crippen LogP contribution >= 0.6 is 0 Å². The Bertz CT molecular complexity index is 1160. The third kappa shape index (κ3) is 5.37. The number of hydrogen-bond donors (Lipinski definition) is 1. The fourth-order valence-corrected chi connectivity index (χ4v) is 4.08. The number of nitrogens with one attached hydrogen (secondary N) is 1. The predicted molar refractivity (Wildman–Crippen MR) is 127 cm³/mol. The molecule has 4 rings (SSSR count). The zero-order valence-corrected chi connectivity index (χ0v) is 19.2. The van der Waals surface area contributed by atoms with Gasteiger partial charge in [0.2, 0.25) is 5.91 Å². The fraction of sp³-hybridized carbons (Fsp3) is 0.308. The number of amides is 2. The minimum Gasteiger partial charge on any atom is -0.497 e. The van der Waals surface area contributed by atoms with E-state index in [1.807, 2.05) is 43.0 Å². The van der Waals surface area contributed by atoms with E-state index < -0.39 is 0 Å². The number of likely N-dealkylation sites (tertiary alicyclic amines) is 1. The van der Waals surface area contributed by atoms with Gasteiger partial charge in [0.05, 0.1) is 24.8 Å². The molecule has 1 unspecified atom stereocenters. The van der Waals surface area contributed by atoms with E-state index in [1.165, 1.54) is 0 Å². The molecule has 1 fully saturated rings. The highest BCUT2D eigenvalue weighted by Gasteiger charge is 2.29. The highest BCUT2D eigenvalue weighted by molar-refractivity contribution is 6.04. The summed E-state index contributed by atoms with van der Waals surface area (Å²) < 4.78 is 5.14. The number of ether oxygens (including phenoxy) is 1. The van der Waals surface area contributed by atoms with Gasteiger partial charge in [0.1, 0.15) is 11.6 Å². The summed E-state index contributed by atoms with van der Waals surface area (Å²) in [6.45, 7) is 5.13. The zero-order chi connectivity index (χ0) is 23.4. The Morgan fingerprint density at radius 1 is 1.15 bits per heavy atom. The van der Waals surface area contributed by atoms with Crippen molar-refractivity contribution >= 4 is 17.5 Å². The Balaban J connectivity index is 1.38. The van der Waals surface area contributed by atoms with E-state index in [0.29, 0.717) is 42.3 Å². The number of aryl methyl sites for hydroxylation is 2. The largest absolute Gasteiger partial charge is 0.497 e. The van der Waals surface area contributed by atoms with Crippen LogP contribution < -0.4 is 10.1 Å². The Hall–Kier alpha value is -3.74. The van der Waals surface area contributed by atoms with E-state index in [2.05, 4.69) is 15.3 Å². The molecule has 170 valence electrons. The molecule has 0 radical (unpaired) electrons. The van der Waals surface area contributed by atoms with Crippen molar-refractivity contribution in [3.05, 3.63) is 82.9 Å². The monoisotopic (exact) mass is 444 g/mol. The van der Waals surface area contributed by atoms with Crippen LogP contribution in [-0.4, -0.2) is 46.9 Å². The normalized spacial score (nSPS) is 15.4. The summed E-state index contributed by atoms with van der Waals surface area (Å²) in [4.78, 5) is 36.4. The third-order valence-electron chi connectivity index (χ3n) is 5.93. The van der Waals surface area contributed by atoms with Gasteiger partial charge in [-0.15, -0.1) is 0 Å². The maximum Gasteiger partial charge on any atom is 0.259 e. The topological polar surface area (TPSA) is 84.4 Å². The van der Waals surface area contributed by atoms with Crippen molar-refractivity contribution in [1.82, 2.24) is 14.9 Å². The van der Waals surface area contributed by atoms with Crippen molar-refractivity contribution in [3.63, 3.8) is 0 Å². The molecule has 1 atom stereocenters. The van der Waals surface area contributed by atoms with Gasteiger partial charge in [0, 0.05) is 30.9 Å². The number of nitrogens with zero attached hydrogens (tertiary/aromatic N) is 3. The molecular weight excluding hydrogens is 416 g/mol. The molecule has 1 saturated heterocycles. The van der Waals surface area contributed by atoms with Crippen LogP contribution in [0.25, 0.3) is 0 Å². The lowest BCUT2D eigenvalue weighted by Gasteiger charge is -2.17. The standard InChI is InChI=1S/C26H28N4O3/c1-17-5-4-6-19(13-17)14-24(31)30-12-11-20(16-30)25-27-15-23(18(2)28-25)26(32)29-21-7-9-22(33-3)10-8-21/h4-10,13,15,20H,11-12,14,16H2,1-3H3,(H,29,32). The Labute approximate surface area is 193 Å². The second-order valence-electron chi connectivity index (χ2n) is 8.40. The van der Waals surface area contributed by atoms with Gasteiger partial charge in [-0.1, -0.05) is 29.8 Å². The second kappa shape index (κ2) is 9.81. The van der Waals surface area contributed by atoms with Gasteiger partial charge >= 0.3 is 0 Å². The Morgan fingerprint density at radius 2 is 1.94 bits per heavy atom. The molecule has 1 aromatic heterocycles. The Kier molecular flexibility index (Phi) is 6.68. The van der Waals surface area contributed by atoms with E-state index in [1.54, 1.807) is 37.6 Å². The maximum absolute atomic E-state index is 12.8. The molecule has 33 heavy (non-hydrogen) atoms. The molecule has 7 nitrogen and oxygen atoms in total. The van der Waals surface area contributed by atoms with Crippen molar-refractivity contribution in [1.29, 1.82) is 0 Å². The Morgan fingerprint density at radius 3 is 2.64 bits per heavy atom. The lowest BCUT2D eigenvalue weighted by molar-refractivity contribution is -0.129. The molecular formula is C26H28N4O3. The van der Waals surface area contributed by atoms with Gasteiger partial charge in [0.15, 0.2) is 0 Å². The quantitative estimate of drug-likeness (QED) is 0.623. The van der Waals surface area contributed by atoms with Crippen molar-refractivity contribution in [2.45, 2.75) is 32.6 Å². The van der Waals surface area contributed by atoms with Gasteiger partial charge < -0.3 is 15.0 Å². The van der Waals surface area contributed by atoms with Crippen LogP contribution in [0.15, 0.2) is 54.7 Å². The summed E-state index contributed by atoms with van der Waals surface area (Å²) in [7, 11) is 1.60. The van der Waals surface area contributed by atoms with Crippen LogP contribution in [0, 0.1) is 13.8 Å². The second-order valence-corrected chi connectivity index (χ2v) is 8.40. The van der Waals surface area contributed by atoms with Crippen LogP contribution in [0.1, 0.15) is 45.3 Å². The SMILES string of the molecule is COc1ccc(NC(=O)c2cnc(C3CCN(C(=O)Cc4cccc(C)c4)C3)nc2C)cc1. The molecule has 0 aliphatic carbocycles. The molecule has 0 saturated carbocycles. The molecule has 1 N–H and O–H groups in total. The summed E-state index contributed by atoms with van der Waals surface area (Å²) in [5.74, 6) is 1.34. The number of benzene rings is 2. The number of rotatable bonds is 6. The van der Waals surface area contributed by atoms with Crippen molar-refractivity contribution in [3.8, 4) is 5.75 Å². The average Bonchev–Trinajstić information content (AvgIpc) is 3.30. The molecule has 2 heterocycles. The minimum absolute atomic E-state index is 0.0730. The van der Waals surface area contributed by atoms with Crippen molar-refractivity contribution in [2.75, 3.05) is 25.5 Å². The molecule has 0 spiro atoms. The number of aromatic nitrogens is 2. The van der Waals surface area contributed by atoms with E-state index in [4.69, 9.17) is 4.74 Å². The van der Waals surface area contributed by atoms with Crippen molar-refractivity contribution in [2.24, 2.45) is 0 Å². The van der Waals surface area contributed by atoms with Gasteiger partial charge in [-0.25, -0.2) is 9.97 Å². The molecule has 2 aromatic carbocycles. The van der Waals surface area contributed by atoms with Gasteiger partial charge in [-0.3, -0.25) is 9.59 Å². The lowest BCUT2D eigenvalue weighted by atomic mass is 10.1. The first kappa shape index (κ1) is 22.5. The first-order valence-electron chi connectivity index (χ1n) is 11.0. The molecule has 2 amide bonds. The van der Waals surface area contributed by atoms with Gasteiger partial charge in [-0.2, -0.15) is 0 Å². The number of methoxy groups -OCH3 is 1. The van der Waals surface area contributed by atoms with Crippen LogP contribution in [-0.2, 0) is 11.2 Å². The maximum atomic E-state index is 12.8. The van der Waals surface area contributed by atoms with E-state index in [-0.39, 0.29) is 17.7 Å². The van der Waals surface area contributed by atoms with Crippen LogP contribution in [0.5, 0.6) is 5.75 Å². The fourth-order valence-electron chi connectivity index (χ4n) is 4.08. The van der Waals surface area contributed by atoms with Crippen LogP contribution in [0.2, 0.25) is 0 Å². The van der Waals surface area contributed by atoms with E-state index in [9.17, 15) is 9.59 Å². The molecule has 1 aliphatic rings. The molecule has 7 heteroatoms. The summed E-state index contributed by atoms with van der Waals surface area (Å²) in [5.41, 5.74) is 3.90. The smallest absolute Gasteiger partial charge is 0.259 e. The van der Waals surface area contributed by atoms with Gasteiger partial charge in [0.25, 0.3) is 5.91 Å². The van der Waals surface area contributed by atoms with Crippen LogP contribution in [0.4, 0.5) is 5.69 Å². The van der Waals surface area contributed by atoms with Gasteiger partial charge in [-0.05, 0) is 50.1 Å². The number of anilines is 1. The van der Waals surface area contributed by atoms with Crippen molar-refractivity contribution < 1.29 is 14.3 Å².